The first-order valence-corrected chi connectivity index (χ1v) is 7.69. The molecule has 0 N–H and O–H groups in total. The highest BCUT2D eigenvalue weighted by Crippen LogP contribution is 3.02. The lowest BCUT2D eigenvalue weighted by Gasteiger charge is -2.40. The molecule has 0 aliphatic heterocycles. The van der Waals surface area contributed by atoms with E-state index in [2.05, 4.69) is 5.16 Å². The summed E-state index contributed by atoms with van der Waals surface area (Å²) in [4.78, 5) is -1.96. The highest BCUT2D eigenvalue weighted by atomic mass is 32.5. The lowest BCUT2D eigenvalue weighted by Crippen LogP contribution is -2.05. The van der Waals surface area contributed by atoms with Gasteiger partial charge in [-0.05, 0) is 18.2 Å². The van der Waals surface area contributed by atoms with E-state index in [-0.39, 0.29) is 16.7 Å². The zero-order chi connectivity index (χ0) is 15.4. The Balaban J connectivity index is 2.28. The van der Waals surface area contributed by atoms with E-state index in [9.17, 15) is 19.4 Å². The summed E-state index contributed by atoms with van der Waals surface area (Å²) >= 11 is 0. The van der Waals surface area contributed by atoms with Crippen LogP contribution in [0, 0.1) is 0 Å². The van der Waals surface area contributed by atoms with Crippen molar-refractivity contribution in [3.63, 3.8) is 0 Å². The Morgan fingerprint density at radius 3 is 2.14 bits per heavy atom. The van der Waals surface area contributed by atoms with Crippen molar-refractivity contribution in [2.45, 2.75) is 4.90 Å². The Kier molecular flexibility index (Phi) is 2.35. The van der Waals surface area contributed by atoms with Crippen LogP contribution in [-0.2, 0) is 0 Å². The largest absolute Gasteiger partial charge is 0.355 e. The maximum Gasteiger partial charge on any atom is 0.310 e. The smallest absolute Gasteiger partial charge is 0.310 e. The van der Waals surface area contributed by atoms with Crippen LogP contribution in [0.25, 0.3) is 22.2 Å². The van der Waals surface area contributed by atoms with Gasteiger partial charge in [-0.15, -0.1) is 0 Å². The van der Waals surface area contributed by atoms with Crippen molar-refractivity contribution >= 4 is 21.1 Å². The quantitative estimate of drug-likeness (QED) is 0.529. The highest BCUT2D eigenvalue weighted by Gasteiger charge is 2.65. The minimum atomic E-state index is -9.73. The fraction of sp³-hybridized carbons (Fsp3) is 0. The average molecular weight is 321 g/mol. The summed E-state index contributed by atoms with van der Waals surface area (Å²) in [6.45, 7) is 0. The summed E-state index contributed by atoms with van der Waals surface area (Å²) in [5.74, 6) is 0.0225. The minimum absolute atomic E-state index is 0.0225. The average Bonchev–Trinajstić information content (AvgIpc) is 2.80. The molecule has 0 amide bonds. The van der Waals surface area contributed by atoms with Gasteiger partial charge in [0.2, 0.25) is 0 Å². The number of rotatable bonds is 2. The van der Waals surface area contributed by atoms with E-state index in [0.29, 0.717) is 17.7 Å². The normalized spacial score (nSPS) is 15.7. The number of fused-ring (bicyclic) bond motifs is 1. The zero-order valence-electron chi connectivity index (χ0n) is 10.3. The molecule has 0 bridgehead atoms. The first-order chi connectivity index (χ1) is 9.54. The van der Waals surface area contributed by atoms with Gasteiger partial charge in [-0.1, -0.05) is 54.9 Å². The van der Waals surface area contributed by atoms with Gasteiger partial charge < -0.3 is 4.52 Å². The molecule has 2 aromatic carbocycles. The lowest BCUT2D eigenvalue weighted by atomic mass is 10.1. The third-order valence-corrected chi connectivity index (χ3v) is 4.07. The van der Waals surface area contributed by atoms with Crippen molar-refractivity contribution in [1.29, 1.82) is 0 Å². The first-order valence-electron chi connectivity index (χ1n) is 5.73. The zero-order valence-corrected chi connectivity index (χ0v) is 11.1. The van der Waals surface area contributed by atoms with Crippen molar-refractivity contribution in [3.8, 4) is 11.3 Å². The Morgan fingerprint density at radius 2 is 1.52 bits per heavy atom. The number of nitrogens with zero attached hydrogens (tertiary/aromatic N) is 1. The van der Waals surface area contributed by atoms with Gasteiger partial charge in [-0.2, -0.15) is 0 Å². The van der Waals surface area contributed by atoms with Gasteiger partial charge >= 0.3 is 10.2 Å². The molecular formula is C13H8F5NOS. The van der Waals surface area contributed by atoms with E-state index < -0.39 is 15.1 Å². The maximum absolute atomic E-state index is 12.9. The lowest BCUT2D eigenvalue weighted by molar-refractivity contribution is 0.364. The molecule has 112 valence electrons. The monoisotopic (exact) mass is 321 g/mol. The van der Waals surface area contributed by atoms with Crippen LogP contribution in [0.15, 0.2) is 57.9 Å². The minimum Gasteiger partial charge on any atom is -0.355 e. The Hall–Kier alpha value is -2.09. The Bertz CT molecular complexity index is 827. The number of hydrogen-bond donors (Lipinski definition) is 0. The number of aromatic nitrogens is 1. The predicted molar refractivity (Wildman–Crippen MR) is 70.8 cm³/mol. The second kappa shape index (κ2) is 3.56. The fourth-order valence-corrected chi connectivity index (χ4v) is 2.62. The third kappa shape index (κ3) is 2.58. The van der Waals surface area contributed by atoms with Gasteiger partial charge in [-0.3, -0.25) is 0 Å². The molecule has 2 nitrogen and oxygen atoms in total. The van der Waals surface area contributed by atoms with Gasteiger partial charge in [0.05, 0.1) is 5.39 Å². The molecule has 1 aromatic heterocycles. The topological polar surface area (TPSA) is 26.0 Å². The van der Waals surface area contributed by atoms with E-state index in [0.717, 1.165) is 6.07 Å². The van der Waals surface area contributed by atoms with Crippen molar-refractivity contribution in [1.82, 2.24) is 5.16 Å². The van der Waals surface area contributed by atoms with Crippen molar-refractivity contribution < 1.29 is 24.0 Å². The second-order valence-corrected chi connectivity index (χ2v) is 6.93. The van der Waals surface area contributed by atoms with Gasteiger partial charge in [0.1, 0.15) is 10.4 Å². The van der Waals surface area contributed by atoms with Crippen LogP contribution in [0.1, 0.15) is 0 Å². The molecule has 0 saturated carbocycles. The summed E-state index contributed by atoms with van der Waals surface area (Å²) in [6.07, 6.45) is 0. The molecule has 0 aliphatic carbocycles. The summed E-state index contributed by atoms with van der Waals surface area (Å²) in [5, 5.41) is 3.48. The fourth-order valence-electron chi connectivity index (χ4n) is 1.96. The van der Waals surface area contributed by atoms with Crippen molar-refractivity contribution in [2.75, 3.05) is 0 Å². The van der Waals surface area contributed by atoms with Crippen molar-refractivity contribution in [2.24, 2.45) is 0 Å². The summed E-state index contributed by atoms with van der Waals surface area (Å²) < 4.78 is 69.3. The molecular weight excluding hydrogens is 313 g/mol. The SMILES string of the molecule is FS(F)(F)(F)(F)c1ccc2noc(-c3ccccc3)c2c1. The van der Waals surface area contributed by atoms with E-state index in [1.54, 1.807) is 30.3 Å². The van der Waals surface area contributed by atoms with E-state index in [1.807, 2.05) is 0 Å². The van der Waals surface area contributed by atoms with Crippen LogP contribution >= 0.6 is 10.2 Å². The molecule has 3 rings (SSSR count). The molecule has 3 aromatic rings. The predicted octanol–water partition coefficient (Wildman–Crippen LogP) is 6.15. The standard InChI is InChI=1S/C13H8F5NOS/c14-21(15,16,17,18)10-6-7-12-11(8-10)13(20-19-12)9-4-2-1-3-5-9/h1-8H. The molecule has 21 heavy (non-hydrogen) atoms. The van der Waals surface area contributed by atoms with Crippen molar-refractivity contribution in [3.05, 3.63) is 48.5 Å². The molecule has 0 saturated heterocycles. The highest BCUT2D eigenvalue weighted by molar-refractivity contribution is 8.45. The molecule has 0 atom stereocenters. The van der Waals surface area contributed by atoms with Crippen LogP contribution in [0.5, 0.6) is 0 Å². The van der Waals surface area contributed by atoms with E-state index in [1.165, 1.54) is 0 Å². The number of benzene rings is 2. The van der Waals surface area contributed by atoms with Gasteiger partial charge in [0, 0.05) is 5.56 Å². The van der Waals surface area contributed by atoms with Crippen LogP contribution in [0.2, 0.25) is 0 Å². The molecule has 0 fully saturated rings. The first kappa shape index (κ1) is 13.9. The molecule has 8 heteroatoms. The molecule has 0 spiro atoms. The summed E-state index contributed by atoms with van der Waals surface area (Å²) in [6, 6.07) is 9.77. The van der Waals surface area contributed by atoms with Crippen LogP contribution in [-0.4, -0.2) is 5.16 Å². The molecule has 1 heterocycles. The number of hydrogen-bond acceptors (Lipinski definition) is 2. The van der Waals surface area contributed by atoms with Gasteiger partial charge in [-0.25, -0.2) is 0 Å². The molecule has 0 radical (unpaired) electrons. The van der Waals surface area contributed by atoms with E-state index in [4.69, 9.17) is 4.52 Å². The van der Waals surface area contributed by atoms with Gasteiger partial charge in [0.25, 0.3) is 0 Å². The summed E-state index contributed by atoms with van der Waals surface area (Å²) in [5.41, 5.74) is 0.541. The molecule has 0 unspecified atom stereocenters. The Morgan fingerprint density at radius 1 is 0.857 bits per heavy atom. The van der Waals surface area contributed by atoms with Crippen LogP contribution < -0.4 is 0 Å². The summed E-state index contributed by atoms with van der Waals surface area (Å²) in [7, 11) is -9.73. The van der Waals surface area contributed by atoms with Gasteiger partial charge in [0.15, 0.2) is 5.76 Å². The van der Waals surface area contributed by atoms with Crippen LogP contribution in [0.3, 0.4) is 0 Å². The Labute approximate surface area is 115 Å². The maximum atomic E-state index is 12.9. The number of halogens is 5. The molecule has 0 aliphatic rings. The van der Waals surface area contributed by atoms with E-state index >= 15 is 0 Å². The second-order valence-electron chi connectivity index (χ2n) is 4.53. The van der Waals surface area contributed by atoms with Crippen LogP contribution in [0.4, 0.5) is 19.4 Å². The third-order valence-electron chi connectivity index (χ3n) is 2.93.